The Kier molecular flexibility index (Phi) is 4.04. The van der Waals surface area contributed by atoms with Crippen LogP contribution >= 0.6 is 0 Å². The van der Waals surface area contributed by atoms with Crippen LogP contribution in [0.3, 0.4) is 0 Å². The highest BCUT2D eigenvalue weighted by Gasteiger charge is 2.43. The summed E-state index contributed by atoms with van der Waals surface area (Å²) in [4.78, 5) is 12.1. The van der Waals surface area contributed by atoms with Crippen LogP contribution in [-0.4, -0.2) is 21.9 Å². The second kappa shape index (κ2) is 6.13. The lowest BCUT2D eigenvalue weighted by Crippen LogP contribution is -2.20. The zero-order valence-corrected chi connectivity index (χ0v) is 12.9. The lowest BCUT2D eigenvalue weighted by atomic mass is 10.1. The number of nitrogens with zero attached hydrogens (tertiary/aromatic N) is 3. The molecule has 1 aliphatic rings. The summed E-state index contributed by atoms with van der Waals surface area (Å²) in [5.74, 6) is 0.366. The predicted octanol–water partition coefficient (Wildman–Crippen LogP) is 2.47. The van der Waals surface area contributed by atoms with Crippen molar-refractivity contribution in [2.45, 2.75) is 32.7 Å². The fraction of sp³-hybridized carbons (Fsp3) is 0.353. The first-order valence-corrected chi connectivity index (χ1v) is 7.61. The molecule has 2 atom stereocenters. The smallest absolute Gasteiger partial charge is 0.243 e. The topological polar surface area (TPSA) is 59.3 Å². The monoisotopic (exact) mass is 296 g/mol. The lowest BCUT2D eigenvalue weighted by Gasteiger charge is -1.99. The molecule has 3 rings (SSSR count). The van der Waals surface area contributed by atoms with Crippen molar-refractivity contribution in [2.75, 3.05) is 0 Å². The number of nitrogens with one attached hydrogen (secondary N) is 1. The first-order chi connectivity index (χ1) is 10.7. The number of aromatic nitrogens is 2. The maximum absolute atomic E-state index is 12.1. The van der Waals surface area contributed by atoms with Crippen molar-refractivity contribution in [3.63, 3.8) is 0 Å². The molecule has 0 bridgehead atoms. The fourth-order valence-electron chi connectivity index (χ4n) is 2.62. The van der Waals surface area contributed by atoms with Crippen LogP contribution in [0.1, 0.15) is 36.1 Å². The van der Waals surface area contributed by atoms with E-state index in [0.717, 1.165) is 24.2 Å². The second-order valence-electron chi connectivity index (χ2n) is 5.62. The van der Waals surface area contributed by atoms with E-state index in [9.17, 15) is 4.79 Å². The van der Waals surface area contributed by atoms with Crippen LogP contribution in [0.5, 0.6) is 0 Å². The van der Waals surface area contributed by atoms with E-state index in [0.29, 0.717) is 5.92 Å². The van der Waals surface area contributed by atoms with Gasteiger partial charge < -0.3 is 0 Å². The van der Waals surface area contributed by atoms with Crippen molar-refractivity contribution in [3.05, 3.63) is 53.3 Å². The van der Waals surface area contributed by atoms with Crippen molar-refractivity contribution in [2.24, 2.45) is 11.0 Å². The van der Waals surface area contributed by atoms with Gasteiger partial charge in [0.2, 0.25) is 5.91 Å². The van der Waals surface area contributed by atoms with Crippen LogP contribution in [0.25, 0.3) is 0 Å². The molecule has 0 saturated heterocycles. The SMILES string of the molecule is CCn1cc(C=NNC(=O)[C@H]2C[C@@H]2c2ccccc2)c(C)n1. The highest BCUT2D eigenvalue weighted by Crippen LogP contribution is 2.47. The minimum atomic E-state index is -0.00867. The Morgan fingerprint density at radius 3 is 2.91 bits per heavy atom. The summed E-state index contributed by atoms with van der Waals surface area (Å²) in [7, 11) is 0. The zero-order chi connectivity index (χ0) is 15.5. The molecule has 0 unspecified atom stereocenters. The number of hydrogen-bond acceptors (Lipinski definition) is 3. The van der Waals surface area contributed by atoms with E-state index >= 15 is 0 Å². The summed E-state index contributed by atoms with van der Waals surface area (Å²) in [6.07, 6.45) is 4.49. The van der Waals surface area contributed by atoms with Gasteiger partial charge in [0.25, 0.3) is 0 Å². The van der Waals surface area contributed by atoms with E-state index in [1.54, 1.807) is 6.21 Å². The average molecular weight is 296 g/mol. The Morgan fingerprint density at radius 2 is 2.23 bits per heavy atom. The molecule has 0 aliphatic heterocycles. The third-order valence-electron chi connectivity index (χ3n) is 4.04. The predicted molar refractivity (Wildman–Crippen MR) is 85.7 cm³/mol. The molecule has 1 aromatic heterocycles. The molecule has 1 fully saturated rings. The molecule has 1 aromatic carbocycles. The third kappa shape index (κ3) is 3.08. The van der Waals surface area contributed by atoms with Crippen molar-refractivity contribution >= 4 is 12.1 Å². The molecule has 22 heavy (non-hydrogen) atoms. The van der Waals surface area contributed by atoms with Crippen LogP contribution in [0.15, 0.2) is 41.6 Å². The van der Waals surface area contributed by atoms with E-state index in [2.05, 4.69) is 27.8 Å². The van der Waals surface area contributed by atoms with Crippen molar-refractivity contribution < 1.29 is 4.79 Å². The van der Waals surface area contributed by atoms with Crippen LogP contribution in [0.4, 0.5) is 0 Å². The van der Waals surface area contributed by atoms with Crippen LogP contribution in [0.2, 0.25) is 0 Å². The largest absolute Gasteiger partial charge is 0.273 e. The number of carbonyl (C=O) groups is 1. The molecule has 1 saturated carbocycles. The Labute approximate surface area is 130 Å². The van der Waals surface area contributed by atoms with E-state index in [-0.39, 0.29) is 11.8 Å². The second-order valence-corrected chi connectivity index (χ2v) is 5.62. The van der Waals surface area contributed by atoms with Crippen LogP contribution in [0, 0.1) is 12.8 Å². The molecule has 5 nitrogen and oxygen atoms in total. The summed E-state index contributed by atoms with van der Waals surface area (Å²) in [5.41, 5.74) is 5.71. The molecule has 5 heteroatoms. The summed E-state index contributed by atoms with van der Waals surface area (Å²) in [6.45, 7) is 4.79. The van der Waals surface area contributed by atoms with E-state index < -0.39 is 0 Å². The molecule has 1 N–H and O–H groups in total. The Hall–Kier alpha value is -2.43. The summed E-state index contributed by atoms with van der Waals surface area (Å²) in [6, 6.07) is 10.2. The average Bonchev–Trinajstić information content (AvgIpc) is 3.27. The van der Waals surface area contributed by atoms with Gasteiger partial charge >= 0.3 is 0 Å². The van der Waals surface area contributed by atoms with E-state index in [4.69, 9.17) is 0 Å². The lowest BCUT2D eigenvalue weighted by molar-refractivity contribution is -0.122. The number of hydrogen-bond donors (Lipinski definition) is 1. The molecular weight excluding hydrogens is 276 g/mol. The van der Waals surface area contributed by atoms with Crippen molar-refractivity contribution in [1.82, 2.24) is 15.2 Å². The molecule has 1 amide bonds. The van der Waals surface area contributed by atoms with Gasteiger partial charge in [-0.3, -0.25) is 9.48 Å². The standard InChI is InChI=1S/C17H20N4O/c1-3-21-11-14(12(2)20-21)10-18-19-17(22)16-9-15(16)13-7-5-4-6-8-13/h4-8,10-11,15-16H,3,9H2,1-2H3,(H,19,22)/t15-,16+/m1/s1. The van der Waals surface area contributed by atoms with Crippen LogP contribution in [-0.2, 0) is 11.3 Å². The van der Waals surface area contributed by atoms with E-state index in [1.807, 2.05) is 42.9 Å². The quantitative estimate of drug-likeness (QED) is 0.680. The first-order valence-electron chi connectivity index (χ1n) is 7.61. The van der Waals surface area contributed by atoms with Gasteiger partial charge in [-0.25, -0.2) is 5.43 Å². The molecule has 114 valence electrons. The molecular formula is C17H20N4O. The molecule has 1 heterocycles. The van der Waals surface area contributed by atoms with Gasteiger partial charge in [-0.1, -0.05) is 30.3 Å². The molecule has 0 radical (unpaired) electrons. The van der Waals surface area contributed by atoms with Gasteiger partial charge in [-0.15, -0.1) is 0 Å². The van der Waals surface area contributed by atoms with Gasteiger partial charge in [-0.2, -0.15) is 10.2 Å². The van der Waals surface area contributed by atoms with E-state index in [1.165, 1.54) is 5.56 Å². The normalized spacial score (nSPS) is 20.3. The maximum Gasteiger partial charge on any atom is 0.243 e. The number of rotatable bonds is 5. The van der Waals surface area contributed by atoms with Gasteiger partial charge in [0.1, 0.15) is 0 Å². The first kappa shape index (κ1) is 14.5. The van der Waals surface area contributed by atoms with Gasteiger partial charge in [0, 0.05) is 24.2 Å². The number of amides is 1. The summed E-state index contributed by atoms with van der Waals surface area (Å²) < 4.78 is 1.85. The number of benzene rings is 1. The minimum absolute atomic E-state index is 0.00867. The number of aryl methyl sites for hydroxylation is 2. The number of hydrazone groups is 1. The van der Waals surface area contributed by atoms with Crippen LogP contribution < -0.4 is 5.43 Å². The summed E-state index contributed by atoms with van der Waals surface area (Å²) >= 11 is 0. The highest BCUT2D eigenvalue weighted by molar-refractivity contribution is 5.85. The van der Waals surface area contributed by atoms with Gasteiger partial charge in [-0.05, 0) is 31.7 Å². The number of carbonyl (C=O) groups excluding carboxylic acids is 1. The Balaban J connectivity index is 1.55. The van der Waals surface area contributed by atoms with Crippen molar-refractivity contribution in [1.29, 1.82) is 0 Å². The summed E-state index contributed by atoms with van der Waals surface area (Å²) in [5, 5.41) is 8.40. The molecule has 0 spiro atoms. The highest BCUT2D eigenvalue weighted by atomic mass is 16.2. The van der Waals surface area contributed by atoms with Crippen molar-refractivity contribution in [3.8, 4) is 0 Å². The maximum atomic E-state index is 12.1. The van der Waals surface area contributed by atoms with Gasteiger partial charge in [0.15, 0.2) is 0 Å². The Morgan fingerprint density at radius 1 is 1.45 bits per heavy atom. The van der Waals surface area contributed by atoms with Gasteiger partial charge in [0.05, 0.1) is 11.9 Å². The fourth-order valence-corrected chi connectivity index (χ4v) is 2.62. The Bertz CT molecular complexity index is 690. The minimum Gasteiger partial charge on any atom is -0.273 e. The third-order valence-corrected chi connectivity index (χ3v) is 4.04. The molecule has 2 aromatic rings. The molecule has 1 aliphatic carbocycles. The zero-order valence-electron chi connectivity index (χ0n) is 12.9.